The summed E-state index contributed by atoms with van der Waals surface area (Å²) < 4.78 is 3.85. The Morgan fingerprint density at radius 2 is 2.40 bits per heavy atom. The molecule has 1 rings (SSSR count). The van der Waals surface area contributed by atoms with Gasteiger partial charge in [0.1, 0.15) is 10.7 Å². The Labute approximate surface area is 92.6 Å². The van der Waals surface area contributed by atoms with E-state index in [1.807, 2.05) is 18.9 Å². The van der Waals surface area contributed by atoms with Gasteiger partial charge in [-0.05, 0) is 6.54 Å². The van der Waals surface area contributed by atoms with Gasteiger partial charge in [0.15, 0.2) is 0 Å². The van der Waals surface area contributed by atoms with Crippen molar-refractivity contribution in [2.24, 2.45) is 5.73 Å². The smallest absolute Gasteiger partial charge is 0.231 e. The van der Waals surface area contributed by atoms with Crippen molar-refractivity contribution in [3.05, 3.63) is 5.69 Å². The monoisotopic (exact) mass is 229 g/mol. The van der Waals surface area contributed by atoms with Crippen LogP contribution in [-0.4, -0.2) is 40.5 Å². The molecule has 7 heteroatoms. The summed E-state index contributed by atoms with van der Waals surface area (Å²) in [4.78, 5) is 12.7. The minimum absolute atomic E-state index is 0.247. The Bertz CT molecular complexity index is 327. The van der Waals surface area contributed by atoms with Crippen molar-refractivity contribution in [2.45, 2.75) is 13.5 Å². The van der Waals surface area contributed by atoms with E-state index in [1.165, 1.54) is 11.5 Å². The van der Waals surface area contributed by atoms with E-state index in [-0.39, 0.29) is 12.5 Å². The summed E-state index contributed by atoms with van der Waals surface area (Å²) in [6.45, 7) is 3.56. The molecule has 1 heterocycles. The Balaban J connectivity index is 2.62. The Kier molecular flexibility index (Phi) is 4.44. The molecule has 0 aromatic carbocycles. The van der Waals surface area contributed by atoms with Crippen LogP contribution in [0.1, 0.15) is 12.6 Å². The van der Waals surface area contributed by atoms with E-state index in [4.69, 9.17) is 5.73 Å². The van der Waals surface area contributed by atoms with Gasteiger partial charge in [-0.1, -0.05) is 11.4 Å². The van der Waals surface area contributed by atoms with Crippen molar-refractivity contribution in [1.82, 2.24) is 14.5 Å². The number of nitrogens with two attached hydrogens (primary N) is 1. The van der Waals surface area contributed by atoms with Crippen molar-refractivity contribution in [1.29, 1.82) is 0 Å². The first-order valence-electron chi connectivity index (χ1n) is 4.67. The summed E-state index contributed by atoms with van der Waals surface area (Å²) in [6.07, 6.45) is 0. The van der Waals surface area contributed by atoms with E-state index in [9.17, 15) is 4.79 Å². The third kappa shape index (κ3) is 3.45. The SMILES string of the molecule is CCN(CC(N)=O)Cc1nnsc1NC. The Morgan fingerprint density at radius 1 is 1.67 bits per heavy atom. The number of likely N-dealkylation sites (N-methyl/N-ethyl adjacent to an activating group) is 1. The van der Waals surface area contributed by atoms with Crippen LogP contribution in [0.2, 0.25) is 0 Å². The van der Waals surface area contributed by atoms with Crippen molar-refractivity contribution >= 4 is 22.4 Å². The summed E-state index contributed by atoms with van der Waals surface area (Å²) in [5.41, 5.74) is 5.99. The largest absolute Gasteiger partial charge is 0.377 e. The minimum Gasteiger partial charge on any atom is -0.377 e. The van der Waals surface area contributed by atoms with Gasteiger partial charge in [0.05, 0.1) is 6.54 Å². The van der Waals surface area contributed by atoms with Crippen LogP contribution in [0.5, 0.6) is 0 Å². The summed E-state index contributed by atoms with van der Waals surface area (Å²) in [5, 5.41) is 7.93. The molecule has 84 valence electrons. The number of nitrogens with one attached hydrogen (secondary N) is 1. The molecular formula is C8H15N5OS. The molecule has 3 N–H and O–H groups in total. The van der Waals surface area contributed by atoms with Gasteiger partial charge >= 0.3 is 0 Å². The van der Waals surface area contributed by atoms with Gasteiger partial charge in [0, 0.05) is 25.1 Å². The van der Waals surface area contributed by atoms with Crippen LogP contribution in [0.25, 0.3) is 0 Å². The second-order valence-electron chi connectivity index (χ2n) is 3.07. The highest BCUT2D eigenvalue weighted by atomic mass is 32.1. The third-order valence-corrected chi connectivity index (χ3v) is 2.77. The second kappa shape index (κ2) is 5.62. The van der Waals surface area contributed by atoms with E-state index in [2.05, 4.69) is 14.9 Å². The molecule has 0 aliphatic rings. The van der Waals surface area contributed by atoms with Crippen LogP contribution in [0.4, 0.5) is 5.00 Å². The van der Waals surface area contributed by atoms with Gasteiger partial charge in [0.2, 0.25) is 5.91 Å². The molecule has 0 spiro atoms. The third-order valence-electron chi connectivity index (χ3n) is 1.98. The lowest BCUT2D eigenvalue weighted by atomic mass is 10.3. The van der Waals surface area contributed by atoms with E-state index in [1.54, 1.807) is 0 Å². The molecule has 1 aromatic rings. The van der Waals surface area contributed by atoms with Crippen LogP contribution < -0.4 is 11.1 Å². The number of rotatable bonds is 6. The first-order chi connectivity index (χ1) is 7.17. The molecule has 1 aromatic heterocycles. The first-order valence-corrected chi connectivity index (χ1v) is 5.44. The topological polar surface area (TPSA) is 84.1 Å². The van der Waals surface area contributed by atoms with Crippen LogP contribution in [0.15, 0.2) is 0 Å². The lowest BCUT2D eigenvalue weighted by molar-refractivity contribution is -0.119. The van der Waals surface area contributed by atoms with Gasteiger partial charge in [0.25, 0.3) is 0 Å². The molecule has 6 nitrogen and oxygen atoms in total. The summed E-state index contributed by atoms with van der Waals surface area (Å²) in [6, 6.07) is 0. The van der Waals surface area contributed by atoms with Crippen molar-refractivity contribution in [2.75, 3.05) is 25.5 Å². The highest BCUT2D eigenvalue weighted by molar-refractivity contribution is 7.10. The zero-order valence-electron chi connectivity index (χ0n) is 8.86. The van der Waals surface area contributed by atoms with Crippen LogP contribution in [0, 0.1) is 0 Å². The van der Waals surface area contributed by atoms with Gasteiger partial charge in [-0.3, -0.25) is 9.69 Å². The molecule has 0 aliphatic heterocycles. The minimum atomic E-state index is -0.328. The Morgan fingerprint density at radius 3 is 2.93 bits per heavy atom. The van der Waals surface area contributed by atoms with E-state index in [0.29, 0.717) is 6.54 Å². The number of primary amides is 1. The molecule has 0 bridgehead atoms. The number of carbonyl (C=O) groups is 1. The zero-order valence-corrected chi connectivity index (χ0v) is 9.67. The number of amides is 1. The Hall–Kier alpha value is -1.21. The van der Waals surface area contributed by atoms with Gasteiger partial charge in [-0.2, -0.15) is 0 Å². The van der Waals surface area contributed by atoms with E-state index < -0.39 is 0 Å². The quantitative estimate of drug-likeness (QED) is 0.711. The second-order valence-corrected chi connectivity index (χ2v) is 3.82. The lowest BCUT2D eigenvalue weighted by Gasteiger charge is -2.17. The maximum atomic E-state index is 10.8. The molecule has 0 saturated heterocycles. The average Bonchev–Trinajstić information content (AvgIpc) is 2.63. The number of hydrogen-bond acceptors (Lipinski definition) is 6. The molecule has 0 fully saturated rings. The van der Waals surface area contributed by atoms with Crippen LogP contribution in [-0.2, 0) is 11.3 Å². The lowest BCUT2D eigenvalue weighted by Crippen LogP contribution is -2.33. The van der Waals surface area contributed by atoms with Crippen LogP contribution in [0.3, 0.4) is 0 Å². The van der Waals surface area contributed by atoms with Crippen LogP contribution >= 0.6 is 11.5 Å². The molecular weight excluding hydrogens is 214 g/mol. The highest BCUT2D eigenvalue weighted by Crippen LogP contribution is 2.17. The molecule has 15 heavy (non-hydrogen) atoms. The maximum Gasteiger partial charge on any atom is 0.231 e. The number of carbonyl (C=O) groups excluding carboxylic acids is 1. The fourth-order valence-corrected chi connectivity index (χ4v) is 1.74. The van der Waals surface area contributed by atoms with Gasteiger partial charge < -0.3 is 11.1 Å². The summed E-state index contributed by atoms with van der Waals surface area (Å²) in [5.74, 6) is -0.328. The summed E-state index contributed by atoms with van der Waals surface area (Å²) in [7, 11) is 1.82. The molecule has 0 radical (unpaired) electrons. The predicted molar refractivity (Wildman–Crippen MR) is 59.6 cm³/mol. The maximum absolute atomic E-state index is 10.8. The van der Waals surface area contributed by atoms with Crippen molar-refractivity contribution in [3.8, 4) is 0 Å². The fourth-order valence-electron chi connectivity index (χ4n) is 1.21. The van der Waals surface area contributed by atoms with Crippen molar-refractivity contribution < 1.29 is 4.79 Å². The zero-order chi connectivity index (χ0) is 11.3. The number of nitrogens with zero attached hydrogens (tertiary/aromatic N) is 3. The molecule has 0 atom stereocenters. The molecule has 1 amide bonds. The average molecular weight is 229 g/mol. The predicted octanol–water partition coefficient (Wildman–Crippen LogP) is -0.113. The summed E-state index contributed by atoms with van der Waals surface area (Å²) >= 11 is 1.31. The highest BCUT2D eigenvalue weighted by Gasteiger charge is 2.12. The molecule has 0 saturated carbocycles. The first kappa shape index (κ1) is 11.9. The number of anilines is 1. The number of hydrogen-bond donors (Lipinski definition) is 2. The van der Waals surface area contributed by atoms with E-state index >= 15 is 0 Å². The fraction of sp³-hybridized carbons (Fsp3) is 0.625. The normalized spacial score (nSPS) is 10.6. The van der Waals surface area contributed by atoms with E-state index in [0.717, 1.165) is 17.2 Å². The molecule has 0 unspecified atom stereocenters. The van der Waals surface area contributed by atoms with Crippen molar-refractivity contribution in [3.63, 3.8) is 0 Å². The molecule has 0 aliphatic carbocycles. The standard InChI is InChI=1S/C8H15N5OS/c1-3-13(5-7(9)14)4-6-8(10-2)15-12-11-6/h10H,3-5H2,1-2H3,(H2,9,14). The van der Waals surface area contributed by atoms with Gasteiger partial charge in [-0.15, -0.1) is 5.10 Å². The number of aromatic nitrogens is 2. The van der Waals surface area contributed by atoms with Gasteiger partial charge in [-0.25, -0.2) is 0 Å².